The van der Waals surface area contributed by atoms with Crippen molar-refractivity contribution >= 4 is 27.4 Å². The van der Waals surface area contributed by atoms with E-state index in [-0.39, 0.29) is 18.1 Å². The van der Waals surface area contributed by atoms with Crippen molar-refractivity contribution in [2.24, 2.45) is 5.16 Å². The van der Waals surface area contributed by atoms with E-state index in [9.17, 15) is 12.8 Å². The molecule has 0 unspecified atom stereocenters. The first-order valence-electron chi connectivity index (χ1n) is 11.5. The number of fused-ring (bicyclic) bond motifs is 1. The average Bonchev–Trinajstić information content (AvgIpc) is 3.36. The normalized spacial score (nSPS) is 18.4. The third kappa shape index (κ3) is 5.10. The van der Waals surface area contributed by atoms with Crippen LogP contribution in [0.15, 0.2) is 35.6 Å². The van der Waals surface area contributed by atoms with Gasteiger partial charge in [0.05, 0.1) is 18.0 Å². The molecule has 0 spiro atoms. The first-order chi connectivity index (χ1) is 16.4. The molecule has 11 heteroatoms. The summed E-state index contributed by atoms with van der Waals surface area (Å²) in [5.74, 6) is -0.296. The number of anilines is 2. The molecule has 184 valence electrons. The van der Waals surface area contributed by atoms with E-state index in [0.717, 1.165) is 47.0 Å². The number of aryl methyl sites for hydroxylation is 1. The minimum Gasteiger partial charge on any atom is -0.494 e. The van der Waals surface area contributed by atoms with E-state index in [2.05, 4.69) is 16.2 Å². The van der Waals surface area contributed by atoms with Gasteiger partial charge in [-0.2, -0.15) is 12.7 Å². The van der Waals surface area contributed by atoms with E-state index in [1.165, 1.54) is 22.1 Å². The number of nitrogens with two attached hydrogens (primary N) is 1. The SMILES string of the molecule is CCO/N=C1\CCc2cc(OCCCCCN3CCN(c4ccnc(N)c4F)S3(=O)=O)ccc21. The van der Waals surface area contributed by atoms with Crippen molar-refractivity contribution < 1.29 is 22.4 Å². The van der Waals surface area contributed by atoms with Crippen molar-refractivity contribution in [1.82, 2.24) is 9.29 Å². The molecular formula is C23H30FN5O4S. The van der Waals surface area contributed by atoms with Gasteiger partial charge in [0.2, 0.25) is 0 Å². The zero-order chi connectivity index (χ0) is 24.1. The van der Waals surface area contributed by atoms with Gasteiger partial charge in [-0.15, -0.1) is 0 Å². The topological polar surface area (TPSA) is 110 Å². The van der Waals surface area contributed by atoms with Gasteiger partial charge in [0.1, 0.15) is 12.4 Å². The fourth-order valence-electron chi connectivity index (χ4n) is 4.22. The number of halogens is 1. The summed E-state index contributed by atoms with van der Waals surface area (Å²) in [4.78, 5) is 8.84. The lowest BCUT2D eigenvalue weighted by Gasteiger charge is -2.20. The third-order valence-electron chi connectivity index (χ3n) is 5.96. The summed E-state index contributed by atoms with van der Waals surface area (Å²) >= 11 is 0. The van der Waals surface area contributed by atoms with Crippen molar-refractivity contribution in [3.8, 4) is 5.75 Å². The van der Waals surface area contributed by atoms with E-state index < -0.39 is 16.0 Å². The average molecular weight is 492 g/mol. The highest BCUT2D eigenvalue weighted by Crippen LogP contribution is 2.30. The summed E-state index contributed by atoms with van der Waals surface area (Å²) in [6.07, 6.45) is 5.42. The number of nitrogens with zero attached hydrogens (tertiary/aromatic N) is 4. The molecule has 1 saturated heterocycles. The number of benzene rings is 1. The zero-order valence-corrected chi connectivity index (χ0v) is 20.1. The Bertz CT molecular complexity index is 1160. The van der Waals surface area contributed by atoms with Crippen LogP contribution in [-0.2, 0) is 21.5 Å². The number of hydrogen-bond acceptors (Lipinski definition) is 7. The molecule has 1 fully saturated rings. The zero-order valence-electron chi connectivity index (χ0n) is 19.2. The van der Waals surface area contributed by atoms with Crippen LogP contribution < -0.4 is 14.8 Å². The fraction of sp³-hybridized carbons (Fsp3) is 0.478. The Balaban J connectivity index is 1.21. The first kappa shape index (κ1) is 24.2. The second-order valence-electron chi connectivity index (χ2n) is 8.19. The molecule has 0 radical (unpaired) electrons. The molecular weight excluding hydrogens is 461 g/mol. The lowest BCUT2D eigenvalue weighted by atomic mass is 10.1. The Morgan fingerprint density at radius 3 is 2.85 bits per heavy atom. The molecule has 1 aliphatic carbocycles. The summed E-state index contributed by atoms with van der Waals surface area (Å²) in [7, 11) is -3.78. The lowest BCUT2D eigenvalue weighted by Crippen LogP contribution is -2.34. The highest BCUT2D eigenvalue weighted by atomic mass is 32.2. The van der Waals surface area contributed by atoms with Crippen molar-refractivity contribution in [3.63, 3.8) is 0 Å². The van der Waals surface area contributed by atoms with Gasteiger partial charge in [0, 0.05) is 31.4 Å². The van der Waals surface area contributed by atoms with Crippen LogP contribution in [-0.4, -0.2) is 56.3 Å². The number of hydrogen-bond donors (Lipinski definition) is 1. The maximum Gasteiger partial charge on any atom is 0.304 e. The number of aromatic nitrogens is 1. The summed E-state index contributed by atoms with van der Waals surface area (Å²) in [6.45, 7) is 3.89. The molecule has 34 heavy (non-hydrogen) atoms. The molecule has 1 aliphatic heterocycles. The molecule has 2 heterocycles. The number of rotatable bonds is 10. The predicted octanol–water partition coefficient (Wildman–Crippen LogP) is 3.11. The van der Waals surface area contributed by atoms with Crippen LogP contribution in [0, 0.1) is 5.82 Å². The number of unbranched alkanes of at least 4 members (excludes halogenated alkanes) is 2. The van der Waals surface area contributed by atoms with Gasteiger partial charge < -0.3 is 15.3 Å². The fourth-order valence-corrected chi connectivity index (χ4v) is 5.87. The highest BCUT2D eigenvalue weighted by molar-refractivity contribution is 7.90. The van der Waals surface area contributed by atoms with E-state index in [1.54, 1.807) is 0 Å². The van der Waals surface area contributed by atoms with Crippen LogP contribution in [0.25, 0.3) is 0 Å². The van der Waals surface area contributed by atoms with Crippen LogP contribution in [0.2, 0.25) is 0 Å². The molecule has 9 nitrogen and oxygen atoms in total. The van der Waals surface area contributed by atoms with E-state index in [1.807, 2.05) is 19.1 Å². The van der Waals surface area contributed by atoms with Gasteiger partial charge >= 0.3 is 10.2 Å². The van der Waals surface area contributed by atoms with Gasteiger partial charge in [-0.1, -0.05) is 5.16 Å². The molecule has 0 atom stereocenters. The van der Waals surface area contributed by atoms with Gasteiger partial charge in [-0.25, -0.2) is 9.37 Å². The molecule has 2 aliphatic rings. The quantitative estimate of drug-likeness (QED) is 0.404. The Labute approximate surface area is 199 Å². The number of nitrogen functional groups attached to an aromatic ring is 1. The summed E-state index contributed by atoms with van der Waals surface area (Å²) in [5.41, 5.74) is 8.74. The standard InChI is InChI=1S/C23H30FN5O4S/c1-2-33-27-20-9-6-17-16-18(7-8-19(17)20)32-15-5-3-4-12-28-13-14-29(34(28,30)31)21-10-11-26-23(25)22(21)24/h7-8,10-11,16H,2-6,9,12-15H2,1H3,(H2,25,26)/b27-20+. The molecule has 2 N–H and O–H groups in total. The minimum atomic E-state index is -3.78. The van der Waals surface area contributed by atoms with Crippen LogP contribution in [0.1, 0.15) is 43.7 Å². The second-order valence-corrected chi connectivity index (χ2v) is 10.0. The van der Waals surface area contributed by atoms with Crippen molar-refractivity contribution in [2.75, 3.05) is 42.9 Å². The van der Waals surface area contributed by atoms with Gasteiger partial charge in [-0.05, 0) is 68.9 Å². The minimum absolute atomic E-state index is 0.0611. The van der Waals surface area contributed by atoms with Crippen LogP contribution >= 0.6 is 0 Å². The van der Waals surface area contributed by atoms with Gasteiger partial charge in [-0.3, -0.25) is 4.31 Å². The molecule has 4 rings (SSSR count). The number of pyridine rings is 1. The number of oxime groups is 1. The predicted molar refractivity (Wildman–Crippen MR) is 129 cm³/mol. The van der Waals surface area contributed by atoms with Crippen LogP contribution in [0.5, 0.6) is 5.75 Å². The van der Waals surface area contributed by atoms with Crippen LogP contribution in [0.3, 0.4) is 0 Å². The number of ether oxygens (including phenoxy) is 1. The monoisotopic (exact) mass is 491 g/mol. The van der Waals surface area contributed by atoms with Gasteiger partial charge in [0.25, 0.3) is 0 Å². The maximum atomic E-state index is 14.3. The first-order valence-corrected chi connectivity index (χ1v) is 12.9. The Hall–Kier alpha value is -2.92. The summed E-state index contributed by atoms with van der Waals surface area (Å²) < 4.78 is 48.2. The van der Waals surface area contributed by atoms with E-state index >= 15 is 0 Å². The summed E-state index contributed by atoms with van der Waals surface area (Å²) in [6, 6.07) is 7.36. The largest absolute Gasteiger partial charge is 0.494 e. The van der Waals surface area contributed by atoms with Crippen molar-refractivity contribution in [2.45, 2.75) is 39.0 Å². The van der Waals surface area contributed by atoms with Crippen LogP contribution in [0.4, 0.5) is 15.9 Å². The van der Waals surface area contributed by atoms with E-state index in [0.29, 0.717) is 32.7 Å². The Kier molecular flexibility index (Phi) is 7.52. The molecule has 2 aromatic rings. The van der Waals surface area contributed by atoms with E-state index in [4.69, 9.17) is 15.3 Å². The lowest BCUT2D eigenvalue weighted by molar-refractivity contribution is 0.158. The van der Waals surface area contributed by atoms with Crippen molar-refractivity contribution in [3.05, 3.63) is 47.4 Å². The molecule has 0 amide bonds. The third-order valence-corrected chi connectivity index (χ3v) is 7.92. The summed E-state index contributed by atoms with van der Waals surface area (Å²) in [5, 5.41) is 4.18. The highest BCUT2D eigenvalue weighted by Gasteiger charge is 2.37. The molecule has 0 bridgehead atoms. The second kappa shape index (κ2) is 10.6. The van der Waals surface area contributed by atoms with Gasteiger partial charge in [0.15, 0.2) is 11.6 Å². The smallest absolute Gasteiger partial charge is 0.304 e. The molecule has 0 saturated carbocycles. The Morgan fingerprint density at radius 1 is 1.18 bits per heavy atom. The molecule has 1 aromatic heterocycles. The maximum absolute atomic E-state index is 14.3. The Morgan fingerprint density at radius 2 is 2.03 bits per heavy atom. The molecule has 1 aromatic carbocycles. The van der Waals surface area contributed by atoms with Crippen molar-refractivity contribution in [1.29, 1.82) is 0 Å².